The minimum Gasteiger partial charge on any atom is -0.312 e. The molecule has 1 N–H and O–H groups in total. The van der Waals surface area contributed by atoms with Crippen molar-refractivity contribution < 1.29 is 0 Å². The molecule has 0 atom stereocenters. The Bertz CT molecular complexity index is 434. The van der Waals surface area contributed by atoms with Crippen LogP contribution in [0.2, 0.25) is 0 Å². The molecule has 0 fully saturated rings. The zero-order chi connectivity index (χ0) is 13.7. The lowest BCUT2D eigenvalue weighted by atomic mass is 10.1. The predicted octanol–water partition coefficient (Wildman–Crippen LogP) is 3.71. The molecule has 106 valence electrons. The zero-order valence-electron chi connectivity index (χ0n) is 12.5. The molecule has 1 aromatic heterocycles. The van der Waals surface area contributed by atoms with Gasteiger partial charge in [-0.15, -0.1) is 11.3 Å². The molecule has 19 heavy (non-hydrogen) atoms. The summed E-state index contributed by atoms with van der Waals surface area (Å²) in [5, 5.41) is 3.49. The molecular formula is C16H26N2S. The SMILES string of the molecule is CCCNCc1cc(CN2CCC=C(C)C2)c(C)s1. The third-order valence-electron chi connectivity index (χ3n) is 3.60. The van der Waals surface area contributed by atoms with Crippen LogP contribution in [0.3, 0.4) is 0 Å². The van der Waals surface area contributed by atoms with E-state index in [0.29, 0.717) is 0 Å². The quantitative estimate of drug-likeness (QED) is 0.630. The summed E-state index contributed by atoms with van der Waals surface area (Å²) in [5.74, 6) is 0. The highest BCUT2D eigenvalue weighted by Gasteiger charge is 2.13. The zero-order valence-corrected chi connectivity index (χ0v) is 13.3. The number of aryl methyl sites for hydroxylation is 1. The highest BCUT2D eigenvalue weighted by atomic mass is 32.1. The first-order valence-corrected chi connectivity index (χ1v) is 8.17. The number of thiophene rings is 1. The van der Waals surface area contributed by atoms with E-state index in [1.165, 1.54) is 40.3 Å². The van der Waals surface area contributed by atoms with Gasteiger partial charge in [-0.25, -0.2) is 0 Å². The van der Waals surface area contributed by atoms with Crippen LogP contribution in [-0.2, 0) is 13.1 Å². The average Bonchev–Trinajstić information content (AvgIpc) is 2.70. The van der Waals surface area contributed by atoms with Gasteiger partial charge in [0.05, 0.1) is 0 Å². The molecule has 0 amide bonds. The fourth-order valence-electron chi connectivity index (χ4n) is 2.59. The van der Waals surface area contributed by atoms with Crippen LogP contribution in [0, 0.1) is 6.92 Å². The summed E-state index contributed by atoms with van der Waals surface area (Å²) < 4.78 is 0. The molecule has 3 heteroatoms. The van der Waals surface area contributed by atoms with Gasteiger partial charge < -0.3 is 5.32 Å². The first-order valence-electron chi connectivity index (χ1n) is 7.36. The maximum absolute atomic E-state index is 3.49. The van der Waals surface area contributed by atoms with Crippen LogP contribution in [0.5, 0.6) is 0 Å². The smallest absolute Gasteiger partial charge is 0.0299 e. The molecule has 0 saturated carbocycles. The number of nitrogens with one attached hydrogen (secondary N) is 1. The van der Waals surface area contributed by atoms with E-state index in [2.05, 4.69) is 43.1 Å². The Hall–Kier alpha value is -0.640. The van der Waals surface area contributed by atoms with E-state index in [1.807, 2.05) is 11.3 Å². The minimum absolute atomic E-state index is 1.03. The maximum atomic E-state index is 3.49. The van der Waals surface area contributed by atoms with Crippen molar-refractivity contribution in [2.75, 3.05) is 19.6 Å². The van der Waals surface area contributed by atoms with E-state index < -0.39 is 0 Å². The van der Waals surface area contributed by atoms with Gasteiger partial charge in [-0.1, -0.05) is 18.6 Å². The second-order valence-electron chi connectivity index (χ2n) is 5.52. The second kappa shape index (κ2) is 7.22. The topological polar surface area (TPSA) is 15.3 Å². The molecule has 0 bridgehead atoms. The largest absolute Gasteiger partial charge is 0.312 e. The van der Waals surface area contributed by atoms with Gasteiger partial charge >= 0.3 is 0 Å². The van der Waals surface area contributed by atoms with Crippen LogP contribution >= 0.6 is 11.3 Å². The average molecular weight is 278 g/mol. The third kappa shape index (κ3) is 4.44. The highest BCUT2D eigenvalue weighted by Crippen LogP contribution is 2.24. The van der Waals surface area contributed by atoms with Gasteiger partial charge in [-0.05, 0) is 44.9 Å². The molecule has 2 nitrogen and oxygen atoms in total. The van der Waals surface area contributed by atoms with E-state index in [9.17, 15) is 0 Å². The van der Waals surface area contributed by atoms with Crippen molar-refractivity contribution in [3.63, 3.8) is 0 Å². The fraction of sp³-hybridized carbons (Fsp3) is 0.625. The van der Waals surface area contributed by atoms with Crippen molar-refractivity contribution in [3.05, 3.63) is 33.0 Å². The number of hydrogen-bond acceptors (Lipinski definition) is 3. The summed E-state index contributed by atoms with van der Waals surface area (Å²) in [6.07, 6.45) is 4.79. The van der Waals surface area contributed by atoms with Crippen LogP contribution in [0.25, 0.3) is 0 Å². The number of nitrogens with zero attached hydrogens (tertiary/aromatic N) is 1. The second-order valence-corrected chi connectivity index (χ2v) is 6.86. The lowest BCUT2D eigenvalue weighted by molar-refractivity contribution is 0.282. The molecule has 0 radical (unpaired) electrons. The van der Waals surface area contributed by atoms with E-state index >= 15 is 0 Å². The lowest BCUT2D eigenvalue weighted by Gasteiger charge is -2.25. The van der Waals surface area contributed by atoms with Crippen molar-refractivity contribution in [2.45, 2.75) is 46.7 Å². The normalized spacial score (nSPS) is 16.7. The summed E-state index contributed by atoms with van der Waals surface area (Å²) in [5.41, 5.74) is 3.04. The van der Waals surface area contributed by atoms with Crippen LogP contribution < -0.4 is 5.32 Å². The van der Waals surface area contributed by atoms with Gasteiger partial charge in [-0.3, -0.25) is 4.90 Å². The van der Waals surface area contributed by atoms with Crippen molar-refractivity contribution >= 4 is 11.3 Å². The van der Waals surface area contributed by atoms with E-state index in [4.69, 9.17) is 0 Å². The van der Waals surface area contributed by atoms with Gasteiger partial charge in [-0.2, -0.15) is 0 Å². The molecular weight excluding hydrogens is 252 g/mol. The Morgan fingerprint density at radius 1 is 1.37 bits per heavy atom. The van der Waals surface area contributed by atoms with Crippen LogP contribution in [0.1, 0.15) is 42.0 Å². The molecule has 0 aromatic carbocycles. The Labute approximate surface area is 121 Å². The van der Waals surface area contributed by atoms with Gasteiger partial charge in [0.2, 0.25) is 0 Å². The van der Waals surface area contributed by atoms with E-state index in [-0.39, 0.29) is 0 Å². The van der Waals surface area contributed by atoms with E-state index in [0.717, 1.165) is 26.2 Å². The minimum atomic E-state index is 1.03. The molecule has 1 aliphatic heterocycles. The van der Waals surface area contributed by atoms with Gasteiger partial charge in [0.15, 0.2) is 0 Å². The number of rotatable bonds is 6. The molecule has 0 aliphatic carbocycles. The summed E-state index contributed by atoms with van der Waals surface area (Å²) in [4.78, 5) is 5.53. The Morgan fingerprint density at radius 3 is 2.95 bits per heavy atom. The van der Waals surface area contributed by atoms with Crippen molar-refractivity contribution in [1.82, 2.24) is 10.2 Å². The maximum Gasteiger partial charge on any atom is 0.0299 e. The summed E-state index contributed by atoms with van der Waals surface area (Å²) >= 11 is 1.95. The van der Waals surface area contributed by atoms with Gasteiger partial charge in [0.1, 0.15) is 0 Å². The highest BCUT2D eigenvalue weighted by molar-refractivity contribution is 7.12. The standard InChI is InChI=1S/C16H26N2S/c1-4-7-17-10-16-9-15(14(3)19-16)12-18-8-5-6-13(2)11-18/h6,9,17H,4-5,7-8,10-12H2,1-3H3. The third-order valence-corrected chi connectivity index (χ3v) is 4.70. The number of hydrogen-bond donors (Lipinski definition) is 1. The monoisotopic (exact) mass is 278 g/mol. The first-order chi connectivity index (χ1) is 9.19. The summed E-state index contributed by atoms with van der Waals surface area (Å²) in [6, 6.07) is 2.40. The molecule has 0 saturated heterocycles. The van der Waals surface area contributed by atoms with E-state index in [1.54, 1.807) is 0 Å². The molecule has 1 aliphatic rings. The summed E-state index contributed by atoms with van der Waals surface area (Å²) in [6.45, 7) is 12.3. The molecule has 1 aromatic rings. The molecule has 2 rings (SSSR count). The Kier molecular flexibility index (Phi) is 5.61. The van der Waals surface area contributed by atoms with Crippen LogP contribution in [0.4, 0.5) is 0 Å². The first kappa shape index (κ1) is 14.8. The Balaban J connectivity index is 1.91. The van der Waals surface area contributed by atoms with Gasteiger partial charge in [0, 0.05) is 35.9 Å². The van der Waals surface area contributed by atoms with Crippen molar-refractivity contribution in [2.24, 2.45) is 0 Å². The predicted molar refractivity (Wildman–Crippen MR) is 84.7 cm³/mol. The molecule has 0 unspecified atom stereocenters. The van der Waals surface area contributed by atoms with Crippen LogP contribution in [0.15, 0.2) is 17.7 Å². The Morgan fingerprint density at radius 2 is 2.21 bits per heavy atom. The van der Waals surface area contributed by atoms with Crippen LogP contribution in [-0.4, -0.2) is 24.5 Å². The fourth-order valence-corrected chi connectivity index (χ4v) is 3.61. The molecule has 0 spiro atoms. The van der Waals surface area contributed by atoms with Crippen molar-refractivity contribution in [1.29, 1.82) is 0 Å². The van der Waals surface area contributed by atoms with Crippen molar-refractivity contribution in [3.8, 4) is 0 Å². The van der Waals surface area contributed by atoms with Gasteiger partial charge in [0.25, 0.3) is 0 Å². The molecule has 2 heterocycles. The lowest BCUT2D eigenvalue weighted by Crippen LogP contribution is -2.28. The summed E-state index contributed by atoms with van der Waals surface area (Å²) in [7, 11) is 0.